The molecule has 0 aromatic rings. The molecule has 16 heavy (non-hydrogen) atoms. The van der Waals surface area contributed by atoms with Gasteiger partial charge in [0.15, 0.2) is 0 Å². The molecule has 0 radical (unpaired) electrons. The molecular formula is C12H23NO3. The third-order valence-electron chi connectivity index (χ3n) is 3.75. The number of aliphatic hydroxyl groups is 1. The van der Waals surface area contributed by atoms with E-state index in [1.165, 1.54) is 0 Å². The van der Waals surface area contributed by atoms with Gasteiger partial charge in [0.1, 0.15) is 0 Å². The van der Waals surface area contributed by atoms with Crippen LogP contribution in [0.15, 0.2) is 0 Å². The van der Waals surface area contributed by atoms with Crippen LogP contribution < -0.4 is 0 Å². The molecule has 0 saturated heterocycles. The normalized spacial score (nSPS) is 24.8. The SMILES string of the molecule is CCC(CC)N(CCO)C1CCC1C(=O)O. The Morgan fingerprint density at radius 3 is 2.31 bits per heavy atom. The Morgan fingerprint density at radius 2 is 2.00 bits per heavy atom. The second-order valence-electron chi connectivity index (χ2n) is 4.52. The molecule has 2 atom stereocenters. The molecule has 94 valence electrons. The average molecular weight is 229 g/mol. The van der Waals surface area contributed by atoms with E-state index in [4.69, 9.17) is 10.2 Å². The van der Waals surface area contributed by atoms with Crippen LogP contribution in [0.2, 0.25) is 0 Å². The van der Waals surface area contributed by atoms with Crippen LogP contribution in [-0.2, 0) is 4.79 Å². The fourth-order valence-electron chi connectivity index (χ4n) is 2.66. The number of carboxylic acids is 1. The molecule has 1 rings (SSSR count). The first-order valence-corrected chi connectivity index (χ1v) is 6.25. The predicted octanol–water partition coefficient (Wildman–Crippen LogP) is 1.33. The van der Waals surface area contributed by atoms with E-state index in [1.807, 2.05) is 0 Å². The fraction of sp³-hybridized carbons (Fsp3) is 0.917. The van der Waals surface area contributed by atoms with Crippen molar-refractivity contribution in [2.75, 3.05) is 13.2 Å². The summed E-state index contributed by atoms with van der Waals surface area (Å²) in [5.41, 5.74) is 0. The summed E-state index contributed by atoms with van der Waals surface area (Å²) < 4.78 is 0. The maximum absolute atomic E-state index is 11.0. The molecule has 4 nitrogen and oxygen atoms in total. The van der Waals surface area contributed by atoms with Crippen LogP contribution in [0.3, 0.4) is 0 Å². The van der Waals surface area contributed by atoms with Crippen molar-refractivity contribution in [2.24, 2.45) is 5.92 Å². The standard InChI is InChI=1S/C12H23NO3/c1-3-9(4-2)13(7-8-14)11-6-5-10(11)12(15)16/h9-11,14H,3-8H2,1-2H3,(H,15,16). The highest BCUT2D eigenvalue weighted by Gasteiger charge is 2.41. The molecule has 1 saturated carbocycles. The van der Waals surface area contributed by atoms with E-state index in [2.05, 4.69) is 18.7 Å². The molecule has 0 bridgehead atoms. The van der Waals surface area contributed by atoms with E-state index in [0.717, 1.165) is 25.7 Å². The first-order chi connectivity index (χ1) is 7.65. The summed E-state index contributed by atoms with van der Waals surface area (Å²) in [6.45, 7) is 4.94. The van der Waals surface area contributed by atoms with Gasteiger partial charge in [-0.05, 0) is 25.7 Å². The summed E-state index contributed by atoms with van der Waals surface area (Å²) in [5, 5.41) is 18.1. The zero-order chi connectivity index (χ0) is 12.1. The van der Waals surface area contributed by atoms with Gasteiger partial charge in [-0.25, -0.2) is 0 Å². The largest absolute Gasteiger partial charge is 0.481 e. The molecule has 0 amide bonds. The minimum absolute atomic E-state index is 0.110. The van der Waals surface area contributed by atoms with Crippen molar-refractivity contribution in [3.05, 3.63) is 0 Å². The lowest BCUT2D eigenvalue weighted by Crippen LogP contribution is -2.54. The number of hydrogen-bond donors (Lipinski definition) is 2. The van der Waals surface area contributed by atoms with E-state index in [1.54, 1.807) is 0 Å². The highest BCUT2D eigenvalue weighted by atomic mass is 16.4. The van der Waals surface area contributed by atoms with Gasteiger partial charge in [-0.1, -0.05) is 13.8 Å². The molecule has 0 heterocycles. The van der Waals surface area contributed by atoms with Gasteiger partial charge in [0.25, 0.3) is 0 Å². The third kappa shape index (κ3) is 2.74. The number of carbonyl (C=O) groups is 1. The Labute approximate surface area is 97.3 Å². The molecule has 0 aromatic heterocycles. The summed E-state index contributed by atoms with van der Waals surface area (Å²) >= 11 is 0. The minimum atomic E-state index is -0.690. The fourth-order valence-corrected chi connectivity index (χ4v) is 2.66. The monoisotopic (exact) mass is 229 g/mol. The Hall–Kier alpha value is -0.610. The van der Waals surface area contributed by atoms with Crippen LogP contribution in [0.4, 0.5) is 0 Å². The van der Waals surface area contributed by atoms with Crippen LogP contribution in [0, 0.1) is 5.92 Å². The Bertz CT molecular complexity index is 228. The quantitative estimate of drug-likeness (QED) is 0.691. The van der Waals surface area contributed by atoms with Crippen molar-refractivity contribution in [3.63, 3.8) is 0 Å². The van der Waals surface area contributed by atoms with Crippen molar-refractivity contribution in [3.8, 4) is 0 Å². The Kier molecular flexibility index (Phi) is 5.22. The summed E-state index contributed by atoms with van der Waals surface area (Å²) in [6, 6.07) is 0.536. The van der Waals surface area contributed by atoms with Gasteiger partial charge < -0.3 is 10.2 Å². The predicted molar refractivity (Wildman–Crippen MR) is 62.3 cm³/mol. The van der Waals surface area contributed by atoms with E-state index in [-0.39, 0.29) is 18.6 Å². The maximum Gasteiger partial charge on any atom is 0.308 e. The number of hydrogen-bond acceptors (Lipinski definition) is 3. The number of aliphatic hydroxyl groups excluding tert-OH is 1. The summed E-state index contributed by atoms with van der Waals surface area (Å²) in [4.78, 5) is 13.2. The number of rotatable bonds is 7. The van der Waals surface area contributed by atoms with Crippen LogP contribution >= 0.6 is 0 Å². The van der Waals surface area contributed by atoms with Gasteiger partial charge in [-0.15, -0.1) is 0 Å². The van der Waals surface area contributed by atoms with Crippen molar-refractivity contribution < 1.29 is 15.0 Å². The Balaban J connectivity index is 2.65. The molecule has 4 heteroatoms. The van der Waals surface area contributed by atoms with Crippen molar-refractivity contribution in [2.45, 2.75) is 51.6 Å². The molecule has 0 aliphatic heterocycles. The molecule has 0 aromatic carbocycles. The molecule has 0 spiro atoms. The zero-order valence-electron chi connectivity index (χ0n) is 10.2. The van der Waals surface area contributed by atoms with Crippen LogP contribution in [0.25, 0.3) is 0 Å². The van der Waals surface area contributed by atoms with Crippen molar-refractivity contribution in [1.82, 2.24) is 4.90 Å². The number of nitrogens with zero attached hydrogens (tertiary/aromatic N) is 1. The average Bonchev–Trinajstić information content (AvgIpc) is 2.17. The van der Waals surface area contributed by atoms with Gasteiger partial charge in [-0.2, -0.15) is 0 Å². The third-order valence-corrected chi connectivity index (χ3v) is 3.75. The number of carboxylic acid groups (broad SMARTS) is 1. The Morgan fingerprint density at radius 1 is 1.38 bits per heavy atom. The molecule has 2 unspecified atom stereocenters. The molecule has 1 aliphatic rings. The van der Waals surface area contributed by atoms with Crippen molar-refractivity contribution >= 4 is 5.97 Å². The summed E-state index contributed by atoms with van der Waals surface area (Å²) in [5.74, 6) is -0.919. The maximum atomic E-state index is 11.0. The van der Waals surface area contributed by atoms with Crippen LogP contribution in [0.5, 0.6) is 0 Å². The first-order valence-electron chi connectivity index (χ1n) is 6.25. The highest BCUT2D eigenvalue weighted by Crippen LogP contribution is 2.34. The van der Waals surface area contributed by atoms with Crippen LogP contribution in [-0.4, -0.2) is 46.3 Å². The van der Waals surface area contributed by atoms with Crippen LogP contribution in [0.1, 0.15) is 39.5 Å². The lowest BCUT2D eigenvalue weighted by Gasteiger charge is -2.45. The second-order valence-corrected chi connectivity index (χ2v) is 4.52. The highest BCUT2D eigenvalue weighted by molar-refractivity contribution is 5.72. The van der Waals surface area contributed by atoms with Gasteiger partial charge >= 0.3 is 5.97 Å². The van der Waals surface area contributed by atoms with E-state index >= 15 is 0 Å². The lowest BCUT2D eigenvalue weighted by atomic mass is 9.77. The van der Waals surface area contributed by atoms with Gasteiger partial charge in [0.2, 0.25) is 0 Å². The van der Waals surface area contributed by atoms with Gasteiger partial charge in [0.05, 0.1) is 12.5 Å². The van der Waals surface area contributed by atoms with Gasteiger partial charge in [-0.3, -0.25) is 9.69 Å². The summed E-state index contributed by atoms with van der Waals surface area (Å²) in [7, 11) is 0. The molecular weight excluding hydrogens is 206 g/mol. The number of aliphatic carboxylic acids is 1. The zero-order valence-corrected chi connectivity index (χ0v) is 10.2. The molecule has 2 N–H and O–H groups in total. The smallest absolute Gasteiger partial charge is 0.308 e. The molecule has 1 aliphatic carbocycles. The topological polar surface area (TPSA) is 60.8 Å². The van der Waals surface area contributed by atoms with Gasteiger partial charge in [0, 0.05) is 18.6 Å². The first kappa shape index (κ1) is 13.5. The van der Waals surface area contributed by atoms with E-state index in [9.17, 15) is 4.79 Å². The van der Waals surface area contributed by atoms with Crippen molar-refractivity contribution in [1.29, 1.82) is 0 Å². The second kappa shape index (κ2) is 6.21. The molecule has 1 fully saturated rings. The summed E-state index contributed by atoms with van der Waals surface area (Å²) in [6.07, 6.45) is 3.76. The minimum Gasteiger partial charge on any atom is -0.481 e. The lowest BCUT2D eigenvalue weighted by molar-refractivity contribution is -0.150. The van der Waals surface area contributed by atoms with E-state index < -0.39 is 5.97 Å². The van der Waals surface area contributed by atoms with E-state index in [0.29, 0.717) is 12.6 Å².